The van der Waals surface area contributed by atoms with Crippen LogP contribution in [-0.4, -0.2) is 18.7 Å². The van der Waals surface area contributed by atoms with Gasteiger partial charge in [0.05, 0.1) is 15.9 Å². The molecule has 0 aliphatic carbocycles. The highest BCUT2D eigenvalue weighted by atomic mass is 32.1. The lowest BCUT2D eigenvalue weighted by molar-refractivity contribution is 0.901. The molecule has 1 N–H and O–H groups in total. The van der Waals surface area contributed by atoms with Crippen molar-refractivity contribution in [2.75, 3.05) is 24.4 Å². The Morgan fingerprint density at radius 3 is 2.43 bits per heavy atom. The van der Waals surface area contributed by atoms with Crippen molar-refractivity contribution < 1.29 is 0 Å². The summed E-state index contributed by atoms with van der Waals surface area (Å²) in [6, 6.07) is 16.5. The Bertz CT molecular complexity index is 812. The van der Waals surface area contributed by atoms with Crippen LogP contribution >= 0.6 is 11.3 Å². The molecule has 108 valence electrons. The fraction of sp³-hybridized carbons (Fsp3) is 0.188. The van der Waals surface area contributed by atoms with Crippen LogP contribution in [0.1, 0.15) is 0 Å². The zero-order chi connectivity index (χ0) is 14.8. The van der Waals surface area contributed by atoms with Crippen LogP contribution in [0, 0.1) is 0 Å². The number of aromatic nitrogens is 1. The molecule has 2 aromatic carbocycles. The van der Waals surface area contributed by atoms with Crippen LogP contribution in [0.3, 0.4) is 0 Å². The van der Waals surface area contributed by atoms with E-state index in [-0.39, 0.29) is 0 Å². The first kappa shape index (κ1) is 13.7. The maximum atomic E-state index is 4.51. The number of anilines is 2. The summed E-state index contributed by atoms with van der Waals surface area (Å²) in [6.07, 6.45) is 0. The summed E-state index contributed by atoms with van der Waals surface area (Å²) in [5, 5.41) is 4.51. The molecule has 0 aliphatic rings. The molecule has 0 spiro atoms. The molecule has 0 unspecified atom stereocenters. The van der Waals surface area contributed by atoms with Crippen LogP contribution in [0.25, 0.3) is 10.2 Å². The number of thiazole rings is 1. The summed E-state index contributed by atoms with van der Waals surface area (Å²) in [7, 11) is 6.10. The molecule has 0 aliphatic heterocycles. The topological polar surface area (TPSA) is 32.6 Å². The third kappa shape index (κ3) is 2.78. The average molecular weight is 298 g/mol. The highest BCUT2D eigenvalue weighted by molar-refractivity contribution is 7.16. The van der Waals surface area contributed by atoms with E-state index in [1.54, 1.807) is 11.3 Å². The van der Waals surface area contributed by atoms with Crippen LogP contribution < -0.4 is 15.1 Å². The number of hydrogen-bond donors (Lipinski definition) is 1. The molecule has 0 radical (unpaired) electrons. The van der Waals surface area contributed by atoms with Gasteiger partial charge in [-0.25, -0.2) is 0 Å². The summed E-state index contributed by atoms with van der Waals surface area (Å²) < 4.78 is 3.34. The van der Waals surface area contributed by atoms with Crippen molar-refractivity contribution in [1.29, 1.82) is 0 Å². The van der Waals surface area contributed by atoms with E-state index in [9.17, 15) is 0 Å². The summed E-state index contributed by atoms with van der Waals surface area (Å²) >= 11 is 1.68. The molecule has 0 atom stereocenters. The standard InChI is InChI=1S/C16H18N4S/c1-19(2)13-10-8-12(9-11-13)17-18-16-20(3)14-6-4-5-7-15(14)21-16/h4-11,17H,1-3H3. The molecule has 0 amide bonds. The average Bonchev–Trinajstić information content (AvgIpc) is 2.82. The molecular formula is C16H18N4S. The van der Waals surface area contributed by atoms with Crippen LogP contribution in [0.2, 0.25) is 0 Å². The summed E-state index contributed by atoms with van der Waals surface area (Å²) in [4.78, 5) is 3.03. The number of para-hydroxylation sites is 1. The molecule has 3 aromatic rings. The summed E-state index contributed by atoms with van der Waals surface area (Å²) in [6.45, 7) is 0. The Morgan fingerprint density at radius 2 is 1.76 bits per heavy atom. The first-order valence-corrected chi connectivity index (χ1v) is 7.58. The van der Waals surface area contributed by atoms with Crippen molar-refractivity contribution in [3.05, 3.63) is 53.3 Å². The van der Waals surface area contributed by atoms with E-state index in [1.165, 1.54) is 15.9 Å². The third-order valence-corrected chi connectivity index (χ3v) is 4.49. The molecule has 0 saturated heterocycles. The molecule has 0 bridgehead atoms. The van der Waals surface area contributed by atoms with Crippen LogP contribution in [0.15, 0.2) is 53.6 Å². The van der Waals surface area contributed by atoms with Gasteiger partial charge in [0.2, 0.25) is 4.80 Å². The number of benzene rings is 2. The molecule has 1 heterocycles. The Hall–Kier alpha value is -2.27. The Morgan fingerprint density at radius 1 is 1.05 bits per heavy atom. The Balaban J connectivity index is 1.89. The predicted molar refractivity (Wildman–Crippen MR) is 90.8 cm³/mol. The molecule has 21 heavy (non-hydrogen) atoms. The van der Waals surface area contributed by atoms with E-state index < -0.39 is 0 Å². The molecule has 3 rings (SSSR count). The van der Waals surface area contributed by atoms with Gasteiger partial charge in [0.15, 0.2) is 0 Å². The van der Waals surface area contributed by atoms with E-state index >= 15 is 0 Å². The third-order valence-electron chi connectivity index (χ3n) is 3.38. The Kier molecular flexibility index (Phi) is 3.66. The minimum absolute atomic E-state index is 0.952. The van der Waals surface area contributed by atoms with Gasteiger partial charge in [0.1, 0.15) is 0 Å². The highest BCUT2D eigenvalue weighted by Crippen LogP contribution is 2.17. The molecular weight excluding hydrogens is 280 g/mol. The van der Waals surface area contributed by atoms with Gasteiger partial charge in [0.25, 0.3) is 0 Å². The predicted octanol–water partition coefficient (Wildman–Crippen LogP) is 3.23. The van der Waals surface area contributed by atoms with Gasteiger partial charge < -0.3 is 9.47 Å². The Labute approximate surface area is 128 Å². The summed E-state index contributed by atoms with van der Waals surface area (Å²) in [5.74, 6) is 0. The maximum absolute atomic E-state index is 4.51. The lowest BCUT2D eigenvalue weighted by Crippen LogP contribution is -2.12. The van der Waals surface area contributed by atoms with Crippen LogP contribution in [0.4, 0.5) is 11.4 Å². The number of nitrogens with one attached hydrogen (secondary N) is 1. The quantitative estimate of drug-likeness (QED) is 0.753. The van der Waals surface area contributed by atoms with Gasteiger partial charge in [-0.1, -0.05) is 23.5 Å². The van der Waals surface area contributed by atoms with Crippen LogP contribution in [0.5, 0.6) is 0 Å². The lowest BCUT2D eigenvalue weighted by atomic mass is 10.3. The largest absolute Gasteiger partial charge is 0.378 e. The number of fused-ring (bicyclic) bond motifs is 1. The van der Waals surface area contributed by atoms with E-state index in [2.05, 4.69) is 50.3 Å². The van der Waals surface area contributed by atoms with Crippen molar-refractivity contribution in [2.24, 2.45) is 12.1 Å². The van der Waals surface area contributed by atoms with Gasteiger partial charge >= 0.3 is 0 Å². The second kappa shape index (κ2) is 5.61. The zero-order valence-corrected chi connectivity index (χ0v) is 13.2. The number of aryl methyl sites for hydroxylation is 1. The minimum Gasteiger partial charge on any atom is -0.378 e. The van der Waals surface area contributed by atoms with E-state index in [0.717, 1.165) is 10.5 Å². The zero-order valence-electron chi connectivity index (χ0n) is 12.4. The number of rotatable bonds is 3. The normalized spacial score (nSPS) is 11.9. The molecule has 5 heteroatoms. The van der Waals surface area contributed by atoms with Crippen molar-refractivity contribution in [2.45, 2.75) is 0 Å². The van der Waals surface area contributed by atoms with Crippen molar-refractivity contribution >= 4 is 32.9 Å². The minimum atomic E-state index is 0.952. The fourth-order valence-electron chi connectivity index (χ4n) is 2.13. The summed E-state index contributed by atoms with van der Waals surface area (Å²) in [5.41, 5.74) is 6.48. The van der Waals surface area contributed by atoms with Crippen molar-refractivity contribution in [1.82, 2.24) is 4.57 Å². The molecule has 0 saturated carbocycles. The van der Waals surface area contributed by atoms with Gasteiger partial charge in [-0.05, 0) is 36.4 Å². The smallest absolute Gasteiger partial charge is 0.208 e. The second-order valence-corrected chi connectivity index (χ2v) is 6.09. The fourth-order valence-corrected chi connectivity index (χ4v) is 3.11. The van der Waals surface area contributed by atoms with Gasteiger partial charge in [-0.2, -0.15) is 0 Å². The van der Waals surface area contributed by atoms with E-state index in [0.29, 0.717) is 0 Å². The lowest BCUT2D eigenvalue weighted by Gasteiger charge is -2.12. The van der Waals surface area contributed by atoms with Gasteiger partial charge in [-0.3, -0.25) is 5.43 Å². The second-order valence-electron chi connectivity index (χ2n) is 5.08. The maximum Gasteiger partial charge on any atom is 0.208 e. The van der Waals surface area contributed by atoms with Crippen LogP contribution in [-0.2, 0) is 7.05 Å². The molecule has 0 fully saturated rings. The first-order valence-electron chi connectivity index (χ1n) is 6.77. The van der Waals surface area contributed by atoms with E-state index in [1.807, 2.05) is 39.3 Å². The van der Waals surface area contributed by atoms with Gasteiger partial charge in [0, 0.05) is 26.8 Å². The molecule has 4 nitrogen and oxygen atoms in total. The molecule has 1 aromatic heterocycles. The first-order chi connectivity index (χ1) is 10.1. The SMILES string of the molecule is CN(C)c1ccc(NN=c2sc3ccccc3n2C)cc1. The van der Waals surface area contributed by atoms with Crippen molar-refractivity contribution in [3.63, 3.8) is 0 Å². The van der Waals surface area contributed by atoms with Gasteiger partial charge in [-0.15, -0.1) is 5.10 Å². The number of hydrogen-bond acceptors (Lipinski definition) is 4. The highest BCUT2D eigenvalue weighted by Gasteiger charge is 2.01. The number of nitrogens with zero attached hydrogens (tertiary/aromatic N) is 3. The monoisotopic (exact) mass is 298 g/mol. The van der Waals surface area contributed by atoms with Crippen molar-refractivity contribution in [3.8, 4) is 0 Å². The van der Waals surface area contributed by atoms with E-state index in [4.69, 9.17) is 0 Å².